The molecule has 1 atom stereocenters. The number of carboxylic acids is 1. The highest BCUT2D eigenvalue weighted by Crippen LogP contribution is 2.23. The maximum atomic E-state index is 11.3. The molecule has 0 fully saturated rings. The van der Waals surface area contributed by atoms with Gasteiger partial charge in [-0.2, -0.15) is 0 Å². The van der Waals surface area contributed by atoms with Gasteiger partial charge in [0.25, 0.3) is 0 Å². The van der Waals surface area contributed by atoms with Crippen molar-refractivity contribution in [1.29, 1.82) is 0 Å². The van der Waals surface area contributed by atoms with Crippen LogP contribution >= 0.6 is 15.9 Å². The van der Waals surface area contributed by atoms with Gasteiger partial charge in [-0.3, -0.25) is 5.32 Å². The average molecular weight is 287 g/mol. The van der Waals surface area contributed by atoms with Gasteiger partial charge in [0.1, 0.15) is 5.54 Å². The molecule has 1 aromatic carbocycles. The SMILES string of the molecule is CC(NCCN)(C(=O)O)c1cccc(Br)c1. The van der Waals surface area contributed by atoms with Crippen molar-refractivity contribution in [1.82, 2.24) is 5.32 Å². The smallest absolute Gasteiger partial charge is 0.328 e. The topological polar surface area (TPSA) is 75.3 Å². The van der Waals surface area contributed by atoms with Gasteiger partial charge in [-0.05, 0) is 24.6 Å². The van der Waals surface area contributed by atoms with Crippen molar-refractivity contribution in [2.75, 3.05) is 13.1 Å². The zero-order valence-corrected chi connectivity index (χ0v) is 10.6. The molecule has 5 heteroatoms. The summed E-state index contributed by atoms with van der Waals surface area (Å²) in [4.78, 5) is 11.3. The van der Waals surface area contributed by atoms with E-state index in [1.54, 1.807) is 19.1 Å². The molecular formula is C11H15BrN2O2. The largest absolute Gasteiger partial charge is 0.480 e. The molecule has 0 saturated heterocycles. The number of hydrogen-bond donors (Lipinski definition) is 3. The number of rotatable bonds is 5. The first-order chi connectivity index (χ1) is 7.50. The molecule has 1 rings (SSSR count). The van der Waals surface area contributed by atoms with Crippen LogP contribution in [0.2, 0.25) is 0 Å². The van der Waals surface area contributed by atoms with Crippen LogP contribution in [-0.4, -0.2) is 24.2 Å². The van der Waals surface area contributed by atoms with Crippen molar-refractivity contribution in [2.24, 2.45) is 5.73 Å². The highest BCUT2D eigenvalue weighted by molar-refractivity contribution is 9.10. The Labute approximate surface area is 103 Å². The molecular weight excluding hydrogens is 272 g/mol. The number of carboxylic acid groups (broad SMARTS) is 1. The highest BCUT2D eigenvalue weighted by Gasteiger charge is 2.34. The number of halogens is 1. The average Bonchev–Trinajstić information content (AvgIpc) is 2.25. The summed E-state index contributed by atoms with van der Waals surface area (Å²) in [6.07, 6.45) is 0. The molecule has 16 heavy (non-hydrogen) atoms. The summed E-state index contributed by atoms with van der Waals surface area (Å²) in [6, 6.07) is 7.24. The molecule has 0 radical (unpaired) electrons. The minimum atomic E-state index is -1.11. The number of carbonyl (C=O) groups is 1. The van der Waals surface area contributed by atoms with E-state index in [1.165, 1.54) is 0 Å². The van der Waals surface area contributed by atoms with Gasteiger partial charge >= 0.3 is 5.97 Å². The molecule has 0 saturated carbocycles. The van der Waals surface area contributed by atoms with Crippen molar-refractivity contribution in [3.63, 3.8) is 0 Å². The van der Waals surface area contributed by atoms with E-state index in [9.17, 15) is 9.90 Å². The molecule has 1 unspecified atom stereocenters. The first-order valence-corrected chi connectivity index (χ1v) is 5.74. The Morgan fingerprint density at radius 2 is 2.31 bits per heavy atom. The van der Waals surface area contributed by atoms with Crippen molar-refractivity contribution >= 4 is 21.9 Å². The lowest BCUT2D eigenvalue weighted by atomic mass is 9.92. The number of aliphatic carboxylic acids is 1. The highest BCUT2D eigenvalue weighted by atomic mass is 79.9. The Kier molecular flexibility index (Phi) is 4.46. The fraction of sp³-hybridized carbons (Fsp3) is 0.364. The number of hydrogen-bond acceptors (Lipinski definition) is 3. The first-order valence-electron chi connectivity index (χ1n) is 4.95. The van der Waals surface area contributed by atoms with E-state index in [0.717, 1.165) is 4.47 Å². The summed E-state index contributed by atoms with van der Waals surface area (Å²) in [5.41, 5.74) is 4.97. The van der Waals surface area contributed by atoms with E-state index in [1.807, 2.05) is 12.1 Å². The minimum Gasteiger partial charge on any atom is -0.480 e. The molecule has 0 spiro atoms. The van der Waals surface area contributed by atoms with E-state index >= 15 is 0 Å². The zero-order chi connectivity index (χ0) is 12.2. The van der Waals surface area contributed by atoms with Gasteiger partial charge in [-0.15, -0.1) is 0 Å². The van der Waals surface area contributed by atoms with Crippen molar-refractivity contribution in [3.8, 4) is 0 Å². The molecule has 4 nitrogen and oxygen atoms in total. The molecule has 0 heterocycles. The monoisotopic (exact) mass is 286 g/mol. The van der Waals surface area contributed by atoms with Crippen molar-refractivity contribution in [2.45, 2.75) is 12.5 Å². The van der Waals surface area contributed by atoms with Gasteiger partial charge in [-0.25, -0.2) is 4.79 Å². The van der Waals surface area contributed by atoms with E-state index in [0.29, 0.717) is 18.7 Å². The van der Waals surface area contributed by atoms with Gasteiger partial charge < -0.3 is 10.8 Å². The predicted molar refractivity (Wildman–Crippen MR) is 66.2 cm³/mol. The third kappa shape index (κ3) is 2.81. The summed E-state index contributed by atoms with van der Waals surface area (Å²) in [5.74, 6) is -0.918. The number of benzene rings is 1. The van der Waals surface area contributed by atoms with E-state index in [2.05, 4.69) is 21.2 Å². The summed E-state index contributed by atoms with van der Waals surface area (Å²) in [6.45, 7) is 2.49. The minimum absolute atomic E-state index is 0.400. The van der Waals surface area contributed by atoms with Gasteiger partial charge in [0.15, 0.2) is 0 Å². The number of nitrogens with two attached hydrogens (primary N) is 1. The molecule has 88 valence electrons. The Balaban J connectivity index is 3.06. The lowest BCUT2D eigenvalue weighted by molar-refractivity contribution is -0.144. The van der Waals surface area contributed by atoms with Gasteiger partial charge in [-0.1, -0.05) is 28.1 Å². The Bertz CT molecular complexity index is 384. The van der Waals surface area contributed by atoms with E-state index < -0.39 is 11.5 Å². The van der Waals surface area contributed by atoms with Crippen LogP contribution in [0, 0.1) is 0 Å². The third-order valence-corrected chi connectivity index (χ3v) is 2.95. The fourth-order valence-electron chi connectivity index (χ4n) is 1.42. The lowest BCUT2D eigenvalue weighted by Gasteiger charge is -2.26. The molecule has 0 amide bonds. The Morgan fingerprint density at radius 1 is 1.62 bits per heavy atom. The Hall–Kier alpha value is -0.910. The van der Waals surface area contributed by atoms with Crippen molar-refractivity contribution < 1.29 is 9.90 Å². The van der Waals surface area contributed by atoms with Crippen LogP contribution in [-0.2, 0) is 10.3 Å². The molecule has 4 N–H and O–H groups in total. The molecule has 0 bridgehead atoms. The summed E-state index contributed by atoms with van der Waals surface area (Å²) in [5, 5.41) is 12.2. The molecule has 0 aliphatic heterocycles. The standard InChI is InChI=1S/C11H15BrN2O2/c1-11(10(15)16,14-6-5-13)8-3-2-4-9(12)7-8/h2-4,7,14H,5-6,13H2,1H3,(H,15,16). The van der Waals surface area contributed by atoms with Crippen LogP contribution in [0.15, 0.2) is 28.7 Å². The fourth-order valence-corrected chi connectivity index (χ4v) is 1.82. The zero-order valence-electron chi connectivity index (χ0n) is 9.03. The predicted octanol–water partition coefficient (Wildman–Crippen LogP) is 1.30. The van der Waals surface area contributed by atoms with Crippen LogP contribution < -0.4 is 11.1 Å². The van der Waals surface area contributed by atoms with Crippen molar-refractivity contribution in [3.05, 3.63) is 34.3 Å². The molecule has 1 aromatic rings. The van der Waals surface area contributed by atoms with E-state index in [-0.39, 0.29) is 0 Å². The van der Waals surface area contributed by atoms with Crippen LogP contribution in [0.25, 0.3) is 0 Å². The summed E-state index contributed by atoms with van der Waals surface area (Å²) >= 11 is 3.33. The number of nitrogens with one attached hydrogen (secondary N) is 1. The molecule has 0 aliphatic carbocycles. The molecule has 0 aromatic heterocycles. The second-order valence-electron chi connectivity index (χ2n) is 3.66. The van der Waals surface area contributed by atoms with Crippen LogP contribution in [0.1, 0.15) is 12.5 Å². The first kappa shape index (κ1) is 13.2. The summed E-state index contributed by atoms with van der Waals surface area (Å²) in [7, 11) is 0. The van der Waals surface area contributed by atoms with Crippen LogP contribution in [0.4, 0.5) is 0 Å². The Morgan fingerprint density at radius 3 is 2.81 bits per heavy atom. The second kappa shape index (κ2) is 5.43. The van der Waals surface area contributed by atoms with Gasteiger partial charge in [0.05, 0.1) is 0 Å². The third-order valence-electron chi connectivity index (χ3n) is 2.45. The van der Waals surface area contributed by atoms with Crippen LogP contribution in [0.3, 0.4) is 0 Å². The second-order valence-corrected chi connectivity index (χ2v) is 4.57. The van der Waals surface area contributed by atoms with Crippen LogP contribution in [0.5, 0.6) is 0 Å². The van der Waals surface area contributed by atoms with Gasteiger partial charge in [0.2, 0.25) is 0 Å². The quantitative estimate of drug-likeness (QED) is 0.763. The van der Waals surface area contributed by atoms with Gasteiger partial charge in [0, 0.05) is 17.6 Å². The maximum Gasteiger partial charge on any atom is 0.328 e. The van der Waals surface area contributed by atoms with E-state index in [4.69, 9.17) is 5.73 Å². The lowest BCUT2D eigenvalue weighted by Crippen LogP contribution is -2.48. The maximum absolute atomic E-state index is 11.3. The normalized spacial score (nSPS) is 14.4. The summed E-state index contributed by atoms with van der Waals surface area (Å²) < 4.78 is 0.854. The molecule has 0 aliphatic rings.